The molecule has 0 spiro atoms. The summed E-state index contributed by atoms with van der Waals surface area (Å²) in [6, 6.07) is 0. The van der Waals surface area contributed by atoms with E-state index in [4.69, 9.17) is 9.47 Å². The van der Waals surface area contributed by atoms with E-state index in [1.165, 1.54) is 0 Å². The van der Waals surface area contributed by atoms with Crippen LogP contribution in [0.1, 0.15) is 47.0 Å². The molecule has 0 aliphatic carbocycles. The Kier molecular flexibility index (Phi) is 6.07. The maximum atomic E-state index is 12.0. The number of carbonyl (C=O) groups excluding carboxylic acids is 1. The van der Waals surface area contributed by atoms with Crippen LogP contribution < -0.4 is 0 Å². The van der Waals surface area contributed by atoms with Crippen LogP contribution >= 0.6 is 15.9 Å². The van der Waals surface area contributed by atoms with Crippen molar-refractivity contribution in [2.24, 2.45) is 0 Å². The van der Waals surface area contributed by atoms with Crippen molar-refractivity contribution in [1.82, 2.24) is 4.90 Å². The summed E-state index contributed by atoms with van der Waals surface area (Å²) in [5.74, 6) is 0. The smallest absolute Gasteiger partial charge is 0.410 e. The highest BCUT2D eigenvalue weighted by atomic mass is 79.9. The number of piperidine rings is 1. The molecule has 20 heavy (non-hydrogen) atoms. The number of rotatable bonds is 4. The fraction of sp³-hybridized carbons (Fsp3) is 0.800. The van der Waals surface area contributed by atoms with E-state index >= 15 is 0 Å². The first-order chi connectivity index (χ1) is 9.17. The topological polar surface area (TPSA) is 38.8 Å². The first-order valence-electron chi connectivity index (χ1n) is 7.13. The Morgan fingerprint density at radius 1 is 1.35 bits per heavy atom. The summed E-state index contributed by atoms with van der Waals surface area (Å²) >= 11 is 3.32. The quantitative estimate of drug-likeness (QED) is 0.768. The number of halogens is 1. The molecule has 0 saturated carbocycles. The molecule has 0 aromatic carbocycles. The van der Waals surface area contributed by atoms with Crippen molar-refractivity contribution in [1.29, 1.82) is 0 Å². The molecule has 1 rings (SSSR count). The van der Waals surface area contributed by atoms with E-state index < -0.39 is 5.60 Å². The third kappa shape index (κ3) is 5.44. The van der Waals surface area contributed by atoms with Crippen LogP contribution in [0.3, 0.4) is 0 Å². The summed E-state index contributed by atoms with van der Waals surface area (Å²) in [4.78, 5) is 13.8. The second kappa shape index (κ2) is 6.94. The fourth-order valence-electron chi connectivity index (χ4n) is 2.25. The van der Waals surface area contributed by atoms with Gasteiger partial charge >= 0.3 is 6.09 Å². The lowest BCUT2D eigenvalue weighted by Gasteiger charge is -2.41. The van der Waals surface area contributed by atoms with Crippen molar-refractivity contribution in [2.45, 2.75) is 58.2 Å². The molecule has 1 aliphatic rings. The Hall–Kier alpha value is -0.550. The molecule has 0 bridgehead atoms. The van der Waals surface area contributed by atoms with Crippen molar-refractivity contribution in [3.63, 3.8) is 0 Å². The van der Waals surface area contributed by atoms with Gasteiger partial charge in [0.15, 0.2) is 0 Å². The highest BCUT2D eigenvalue weighted by molar-refractivity contribution is 9.11. The molecule has 1 fully saturated rings. The Morgan fingerprint density at radius 2 is 1.90 bits per heavy atom. The van der Waals surface area contributed by atoms with Gasteiger partial charge in [-0.15, -0.1) is 0 Å². The number of hydrogen-bond donors (Lipinski definition) is 0. The van der Waals surface area contributed by atoms with E-state index in [2.05, 4.69) is 29.4 Å². The fourth-order valence-corrected chi connectivity index (χ4v) is 2.37. The van der Waals surface area contributed by atoms with E-state index in [9.17, 15) is 4.79 Å². The van der Waals surface area contributed by atoms with E-state index in [0.717, 1.165) is 23.7 Å². The minimum atomic E-state index is -0.444. The SMILES string of the molecule is C=C(Br)COC1(CC)CCN(C(=O)OC(C)(C)C)CC1. The number of nitrogens with zero attached hydrogens (tertiary/aromatic N) is 1. The third-order valence-corrected chi connectivity index (χ3v) is 3.73. The zero-order valence-electron chi connectivity index (χ0n) is 13.0. The molecule has 0 unspecified atom stereocenters. The van der Waals surface area contributed by atoms with E-state index in [1.807, 2.05) is 20.8 Å². The molecule has 1 aliphatic heterocycles. The Balaban J connectivity index is 2.52. The number of likely N-dealkylation sites (tertiary alicyclic amines) is 1. The molecule has 0 aromatic heterocycles. The zero-order valence-corrected chi connectivity index (χ0v) is 14.6. The van der Waals surface area contributed by atoms with Gasteiger partial charge in [0.05, 0.1) is 12.2 Å². The van der Waals surface area contributed by atoms with Gasteiger partial charge in [-0.05, 0) is 40.0 Å². The van der Waals surface area contributed by atoms with E-state index in [1.54, 1.807) is 4.90 Å². The van der Waals surface area contributed by atoms with E-state index in [0.29, 0.717) is 19.7 Å². The third-order valence-electron chi connectivity index (χ3n) is 3.51. The van der Waals surface area contributed by atoms with Gasteiger partial charge in [0.1, 0.15) is 5.60 Å². The van der Waals surface area contributed by atoms with Gasteiger partial charge in [-0.3, -0.25) is 0 Å². The van der Waals surface area contributed by atoms with Crippen LogP contribution in [0.15, 0.2) is 11.1 Å². The monoisotopic (exact) mass is 347 g/mol. The summed E-state index contributed by atoms with van der Waals surface area (Å²) in [5.41, 5.74) is -0.587. The number of carbonyl (C=O) groups is 1. The molecule has 1 heterocycles. The number of amides is 1. The van der Waals surface area contributed by atoms with Crippen LogP contribution in [0.4, 0.5) is 4.79 Å². The molecule has 1 saturated heterocycles. The molecule has 0 radical (unpaired) electrons. The lowest BCUT2D eigenvalue weighted by molar-refractivity contribution is -0.0769. The predicted octanol–water partition coefficient (Wildman–Crippen LogP) is 4.09. The van der Waals surface area contributed by atoms with Crippen molar-refractivity contribution in [3.8, 4) is 0 Å². The van der Waals surface area contributed by atoms with Crippen LogP contribution in [0.5, 0.6) is 0 Å². The van der Waals surface area contributed by atoms with Gasteiger partial charge in [0.25, 0.3) is 0 Å². The molecule has 0 atom stereocenters. The average Bonchev–Trinajstić information content (AvgIpc) is 2.35. The maximum Gasteiger partial charge on any atom is 0.410 e. The van der Waals surface area contributed by atoms with Crippen molar-refractivity contribution in [3.05, 3.63) is 11.1 Å². The lowest BCUT2D eigenvalue weighted by atomic mass is 9.88. The summed E-state index contributed by atoms with van der Waals surface area (Å²) in [6.45, 7) is 13.4. The normalized spacial score (nSPS) is 18.8. The number of hydrogen-bond acceptors (Lipinski definition) is 3. The molecule has 5 heteroatoms. The minimum Gasteiger partial charge on any atom is -0.444 e. The molecular weight excluding hydrogens is 322 g/mol. The zero-order chi connectivity index (χ0) is 15.4. The highest BCUT2D eigenvalue weighted by Gasteiger charge is 2.36. The van der Waals surface area contributed by atoms with Crippen molar-refractivity contribution in [2.75, 3.05) is 19.7 Å². The van der Waals surface area contributed by atoms with Gasteiger partial charge in [-0.25, -0.2) is 4.79 Å². The average molecular weight is 348 g/mol. The Bertz CT molecular complexity index is 355. The lowest BCUT2D eigenvalue weighted by Crippen LogP contribution is -2.49. The molecule has 0 aromatic rings. The van der Waals surface area contributed by atoms with Gasteiger partial charge < -0.3 is 14.4 Å². The Labute approximate surface area is 130 Å². The van der Waals surface area contributed by atoms with Crippen LogP contribution in [0.25, 0.3) is 0 Å². The van der Waals surface area contributed by atoms with Crippen LogP contribution in [0.2, 0.25) is 0 Å². The largest absolute Gasteiger partial charge is 0.444 e. The predicted molar refractivity (Wildman–Crippen MR) is 84.1 cm³/mol. The maximum absolute atomic E-state index is 12.0. The van der Waals surface area contributed by atoms with Crippen molar-refractivity contribution >= 4 is 22.0 Å². The molecule has 4 nitrogen and oxygen atoms in total. The Morgan fingerprint density at radius 3 is 2.30 bits per heavy atom. The highest BCUT2D eigenvalue weighted by Crippen LogP contribution is 2.31. The molecule has 116 valence electrons. The molecular formula is C15H26BrNO3. The minimum absolute atomic E-state index is 0.144. The van der Waals surface area contributed by atoms with Crippen LogP contribution in [0, 0.1) is 0 Å². The summed E-state index contributed by atoms with van der Waals surface area (Å²) < 4.78 is 12.2. The molecule has 1 amide bonds. The summed E-state index contributed by atoms with van der Waals surface area (Å²) in [7, 11) is 0. The van der Waals surface area contributed by atoms with Crippen LogP contribution in [-0.4, -0.2) is 41.9 Å². The van der Waals surface area contributed by atoms with Gasteiger partial charge in [-0.1, -0.05) is 29.4 Å². The second-order valence-electron chi connectivity index (χ2n) is 6.31. The van der Waals surface area contributed by atoms with Crippen molar-refractivity contribution < 1.29 is 14.3 Å². The van der Waals surface area contributed by atoms with Gasteiger partial charge in [0, 0.05) is 17.6 Å². The van der Waals surface area contributed by atoms with Gasteiger partial charge in [0.2, 0.25) is 0 Å². The summed E-state index contributed by atoms with van der Waals surface area (Å²) in [6.07, 6.45) is 2.38. The second-order valence-corrected chi connectivity index (χ2v) is 7.43. The van der Waals surface area contributed by atoms with E-state index in [-0.39, 0.29) is 11.7 Å². The standard InChI is InChI=1S/C15H26BrNO3/c1-6-15(19-11-12(2)16)7-9-17(10-8-15)13(18)20-14(3,4)5/h2,6-11H2,1,3-5H3. The molecule has 0 N–H and O–H groups in total. The van der Waals surface area contributed by atoms with Gasteiger partial charge in [-0.2, -0.15) is 0 Å². The first-order valence-corrected chi connectivity index (χ1v) is 7.92. The van der Waals surface area contributed by atoms with Crippen LogP contribution in [-0.2, 0) is 9.47 Å². The number of ether oxygens (including phenoxy) is 2. The first kappa shape index (κ1) is 17.5. The summed E-state index contributed by atoms with van der Waals surface area (Å²) in [5, 5.41) is 0.